The molecule has 1 fully saturated rings. The van der Waals surface area contributed by atoms with Gasteiger partial charge in [-0.3, -0.25) is 0 Å². The van der Waals surface area contributed by atoms with E-state index in [1.165, 1.54) is 6.42 Å². The minimum atomic E-state index is 0.532. The molecule has 0 spiro atoms. The van der Waals surface area contributed by atoms with Crippen molar-refractivity contribution in [2.45, 2.75) is 13.3 Å². The SMILES string of the molecule is CCOc1ccc(Nc2nccc(NC)n2)cc1OCC1CCN(C)C1. The van der Waals surface area contributed by atoms with Gasteiger partial charge >= 0.3 is 0 Å². The zero-order chi connectivity index (χ0) is 18.4. The second-order valence-electron chi connectivity index (χ2n) is 6.46. The predicted molar refractivity (Wildman–Crippen MR) is 104 cm³/mol. The van der Waals surface area contributed by atoms with Gasteiger partial charge in [-0.25, -0.2) is 4.98 Å². The van der Waals surface area contributed by atoms with Crippen LogP contribution in [0.15, 0.2) is 30.5 Å². The Morgan fingerprint density at radius 2 is 2.12 bits per heavy atom. The van der Waals surface area contributed by atoms with Crippen LogP contribution in [0.1, 0.15) is 13.3 Å². The Hall–Kier alpha value is -2.54. The van der Waals surface area contributed by atoms with Crippen LogP contribution in [0.5, 0.6) is 11.5 Å². The van der Waals surface area contributed by atoms with Crippen LogP contribution < -0.4 is 20.1 Å². The first-order valence-electron chi connectivity index (χ1n) is 9.04. The van der Waals surface area contributed by atoms with E-state index >= 15 is 0 Å². The van der Waals surface area contributed by atoms with E-state index in [9.17, 15) is 0 Å². The fourth-order valence-electron chi connectivity index (χ4n) is 3.03. The summed E-state index contributed by atoms with van der Waals surface area (Å²) in [6.45, 7) is 5.47. The van der Waals surface area contributed by atoms with E-state index in [1.807, 2.05) is 38.2 Å². The lowest BCUT2D eigenvalue weighted by Crippen LogP contribution is -2.18. The Kier molecular flexibility index (Phi) is 6.12. The van der Waals surface area contributed by atoms with Gasteiger partial charge in [0.1, 0.15) is 5.82 Å². The third-order valence-corrected chi connectivity index (χ3v) is 4.37. The number of ether oxygens (including phenoxy) is 2. The molecule has 1 saturated heterocycles. The van der Waals surface area contributed by atoms with Gasteiger partial charge in [-0.05, 0) is 45.1 Å². The molecule has 2 heterocycles. The zero-order valence-electron chi connectivity index (χ0n) is 15.7. The summed E-state index contributed by atoms with van der Waals surface area (Å²) in [5, 5.41) is 6.22. The van der Waals surface area contributed by atoms with Crippen LogP contribution in [0.4, 0.5) is 17.5 Å². The lowest BCUT2D eigenvalue weighted by atomic mass is 10.1. The minimum Gasteiger partial charge on any atom is -0.490 e. The normalized spacial score (nSPS) is 17.1. The summed E-state index contributed by atoms with van der Waals surface area (Å²) in [6.07, 6.45) is 2.88. The molecule has 0 radical (unpaired) electrons. The maximum absolute atomic E-state index is 6.10. The number of hydrogen-bond acceptors (Lipinski definition) is 7. The maximum Gasteiger partial charge on any atom is 0.229 e. The molecule has 2 aromatic rings. The van der Waals surface area contributed by atoms with E-state index in [1.54, 1.807) is 6.20 Å². The molecule has 2 N–H and O–H groups in total. The maximum atomic E-state index is 6.10. The van der Waals surface area contributed by atoms with Crippen molar-refractivity contribution < 1.29 is 9.47 Å². The zero-order valence-corrected chi connectivity index (χ0v) is 15.7. The number of hydrogen-bond donors (Lipinski definition) is 2. The minimum absolute atomic E-state index is 0.532. The van der Waals surface area contributed by atoms with Crippen LogP contribution in [0.2, 0.25) is 0 Å². The van der Waals surface area contributed by atoms with Crippen molar-refractivity contribution in [2.24, 2.45) is 5.92 Å². The fraction of sp³-hybridized carbons (Fsp3) is 0.474. The second kappa shape index (κ2) is 8.71. The second-order valence-corrected chi connectivity index (χ2v) is 6.46. The molecule has 1 aromatic carbocycles. The molecule has 26 heavy (non-hydrogen) atoms. The quantitative estimate of drug-likeness (QED) is 0.752. The first-order chi connectivity index (χ1) is 12.7. The van der Waals surface area contributed by atoms with Crippen LogP contribution in [0, 0.1) is 5.92 Å². The van der Waals surface area contributed by atoms with Crippen LogP contribution in [-0.4, -0.2) is 55.3 Å². The molecule has 0 aliphatic carbocycles. The average molecular weight is 357 g/mol. The van der Waals surface area contributed by atoms with Gasteiger partial charge in [-0.2, -0.15) is 4.98 Å². The van der Waals surface area contributed by atoms with E-state index in [0.717, 1.165) is 36.1 Å². The number of rotatable bonds is 8. The van der Waals surface area contributed by atoms with Crippen molar-refractivity contribution in [3.8, 4) is 11.5 Å². The highest BCUT2D eigenvalue weighted by Crippen LogP contribution is 2.32. The summed E-state index contributed by atoms with van der Waals surface area (Å²) in [5.41, 5.74) is 0.861. The van der Waals surface area contributed by atoms with Crippen LogP contribution in [-0.2, 0) is 0 Å². The molecule has 0 bridgehead atoms. The predicted octanol–water partition coefficient (Wildman–Crippen LogP) is 2.99. The summed E-state index contributed by atoms with van der Waals surface area (Å²) in [5.74, 6) is 3.35. The highest BCUT2D eigenvalue weighted by Gasteiger charge is 2.20. The lowest BCUT2D eigenvalue weighted by molar-refractivity contribution is 0.232. The highest BCUT2D eigenvalue weighted by molar-refractivity contribution is 5.60. The van der Waals surface area contributed by atoms with Gasteiger partial charge < -0.3 is 25.0 Å². The summed E-state index contributed by atoms with van der Waals surface area (Å²) in [6, 6.07) is 7.62. The molecule has 140 valence electrons. The van der Waals surface area contributed by atoms with Crippen LogP contribution in [0.25, 0.3) is 0 Å². The Morgan fingerprint density at radius 1 is 1.23 bits per heavy atom. The van der Waals surface area contributed by atoms with Gasteiger partial charge in [0.15, 0.2) is 11.5 Å². The molecule has 1 atom stereocenters. The molecule has 1 aromatic heterocycles. The van der Waals surface area contributed by atoms with Crippen molar-refractivity contribution in [3.63, 3.8) is 0 Å². The molecule has 1 unspecified atom stereocenters. The molecule has 1 aliphatic heterocycles. The van der Waals surface area contributed by atoms with Crippen LogP contribution >= 0.6 is 0 Å². The van der Waals surface area contributed by atoms with E-state index in [4.69, 9.17) is 9.47 Å². The fourth-order valence-corrected chi connectivity index (χ4v) is 3.03. The van der Waals surface area contributed by atoms with E-state index < -0.39 is 0 Å². The first kappa shape index (κ1) is 18.3. The third kappa shape index (κ3) is 4.76. The first-order valence-corrected chi connectivity index (χ1v) is 9.04. The largest absolute Gasteiger partial charge is 0.490 e. The molecular formula is C19H27N5O2. The number of likely N-dealkylation sites (tertiary alicyclic amines) is 1. The number of aromatic nitrogens is 2. The van der Waals surface area contributed by atoms with Gasteiger partial charge in [-0.1, -0.05) is 0 Å². The number of anilines is 3. The van der Waals surface area contributed by atoms with Crippen molar-refractivity contribution in [2.75, 3.05) is 51.0 Å². The summed E-state index contributed by atoms with van der Waals surface area (Å²) in [4.78, 5) is 11.0. The number of benzene rings is 1. The molecule has 0 amide bonds. The van der Waals surface area contributed by atoms with Gasteiger partial charge in [-0.15, -0.1) is 0 Å². The average Bonchev–Trinajstić information content (AvgIpc) is 3.07. The van der Waals surface area contributed by atoms with Crippen molar-refractivity contribution in [1.29, 1.82) is 0 Å². The summed E-state index contributed by atoms with van der Waals surface area (Å²) >= 11 is 0. The van der Waals surface area contributed by atoms with Gasteiger partial charge in [0.05, 0.1) is 13.2 Å². The van der Waals surface area contributed by atoms with Crippen molar-refractivity contribution in [1.82, 2.24) is 14.9 Å². The highest BCUT2D eigenvalue weighted by atomic mass is 16.5. The Labute approximate surface area is 154 Å². The molecule has 0 saturated carbocycles. The number of nitrogens with zero attached hydrogens (tertiary/aromatic N) is 3. The van der Waals surface area contributed by atoms with E-state index in [2.05, 4.69) is 32.5 Å². The van der Waals surface area contributed by atoms with Gasteiger partial charge in [0.25, 0.3) is 0 Å². The van der Waals surface area contributed by atoms with Gasteiger partial charge in [0, 0.05) is 37.5 Å². The van der Waals surface area contributed by atoms with Gasteiger partial charge in [0.2, 0.25) is 5.95 Å². The monoisotopic (exact) mass is 357 g/mol. The Bertz CT molecular complexity index is 725. The molecule has 1 aliphatic rings. The van der Waals surface area contributed by atoms with Crippen molar-refractivity contribution in [3.05, 3.63) is 30.5 Å². The molecule has 3 rings (SSSR count). The lowest BCUT2D eigenvalue weighted by Gasteiger charge is -2.16. The Balaban J connectivity index is 1.72. The smallest absolute Gasteiger partial charge is 0.229 e. The molecule has 7 nitrogen and oxygen atoms in total. The van der Waals surface area contributed by atoms with Crippen LogP contribution in [0.3, 0.4) is 0 Å². The number of nitrogens with one attached hydrogen (secondary N) is 2. The van der Waals surface area contributed by atoms with E-state index in [0.29, 0.717) is 25.1 Å². The topological polar surface area (TPSA) is 71.5 Å². The molecule has 7 heteroatoms. The Morgan fingerprint density at radius 3 is 2.85 bits per heavy atom. The standard InChI is InChI=1S/C19H27N5O2/c1-4-25-16-6-5-15(22-19-21-9-7-18(20-2)23-19)11-17(16)26-13-14-8-10-24(3)12-14/h5-7,9,11,14H,4,8,10,12-13H2,1-3H3,(H2,20,21,22,23). The third-order valence-electron chi connectivity index (χ3n) is 4.37. The van der Waals surface area contributed by atoms with Crippen molar-refractivity contribution >= 4 is 17.5 Å². The summed E-state index contributed by atoms with van der Waals surface area (Å²) in [7, 11) is 3.98. The van der Waals surface area contributed by atoms with E-state index in [-0.39, 0.29) is 0 Å². The summed E-state index contributed by atoms with van der Waals surface area (Å²) < 4.78 is 11.8. The molecular weight excluding hydrogens is 330 g/mol.